The van der Waals surface area contributed by atoms with E-state index >= 15 is 0 Å². The first kappa shape index (κ1) is 28.9. The van der Waals surface area contributed by atoms with Crippen LogP contribution in [0.5, 0.6) is 5.75 Å². The third-order valence-corrected chi connectivity index (χ3v) is 7.69. The topological polar surface area (TPSA) is 116 Å². The van der Waals surface area contributed by atoms with Gasteiger partial charge >= 0.3 is 6.03 Å². The SMILES string of the molecule is CCCC(=O)C1(c2ccccc2)CCN(C(=O)C(Cc2ccc(OC)cc2)NC(=O)NCCc2c[nH]cn2)CC1. The Morgan fingerprint density at radius 2 is 1.80 bits per heavy atom. The third kappa shape index (κ3) is 7.08. The van der Waals surface area contributed by atoms with Crippen LogP contribution in [0.1, 0.15) is 49.4 Å². The highest BCUT2D eigenvalue weighted by atomic mass is 16.5. The Hall–Kier alpha value is -4.14. The molecule has 0 spiro atoms. The lowest BCUT2D eigenvalue weighted by molar-refractivity contribution is -0.137. The number of methoxy groups -OCH3 is 1. The van der Waals surface area contributed by atoms with Gasteiger partial charge in [-0.25, -0.2) is 9.78 Å². The van der Waals surface area contributed by atoms with Crippen LogP contribution in [-0.4, -0.2) is 65.4 Å². The van der Waals surface area contributed by atoms with E-state index < -0.39 is 17.5 Å². The van der Waals surface area contributed by atoms with Gasteiger partial charge in [0, 0.05) is 45.1 Å². The Balaban J connectivity index is 1.46. The standard InChI is InChI=1S/C31H39N5O4/c1-3-7-28(37)31(24-8-5-4-6-9-24)15-18-36(19-16-31)29(38)27(20-23-10-12-26(40-2)13-11-23)35-30(39)33-17-14-25-21-32-22-34-25/h4-6,8-13,21-22,27H,3,7,14-20H2,1-2H3,(H,32,34)(H2,33,35,39). The Morgan fingerprint density at radius 3 is 2.42 bits per heavy atom. The second-order valence-corrected chi connectivity index (χ2v) is 10.3. The van der Waals surface area contributed by atoms with Crippen LogP contribution in [0.2, 0.25) is 0 Å². The number of urea groups is 1. The fraction of sp³-hybridized carbons (Fsp3) is 0.419. The lowest BCUT2D eigenvalue weighted by Gasteiger charge is -2.42. The number of likely N-dealkylation sites (tertiary alicyclic amines) is 1. The molecule has 2 aromatic carbocycles. The number of aromatic nitrogens is 2. The van der Waals surface area contributed by atoms with Gasteiger partial charge in [-0.05, 0) is 42.5 Å². The van der Waals surface area contributed by atoms with Gasteiger partial charge in [0.15, 0.2) is 0 Å². The van der Waals surface area contributed by atoms with Gasteiger partial charge < -0.3 is 25.3 Å². The highest BCUT2D eigenvalue weighted by Gasteiger charge is 2.43. The number of benzene rings is 2. The van der Waals surface area contributed by atoms with Crippen molar-refractivity contribution >= 4 is 17.7 Å². The fourth-order valence-corrected chi connectivity index (χ4v) is 5.42. The van der Waals surface area contributed by atoms with Gasteiger partial charge in [-0.15, -0.1) is 0 Å². The van der Waals surface area contributed by atoms with E-state index in [2.05, 4.69) is 20.6 Å². The van der Waals surface area contributed by atoms with Gasteiger partial charge in [0.25, 0.3) is 0 Å². The summed E-state index contributed by atoms with van der Waals surface area (Å²) in [5.41, 5.74) is 2.19. The first-order valence-corrected chi connectivity index (χ1v) is 14.0. The number of ketones is 1. The van der Waals surface area contributed by atoms with Gasteiger partial charge in [0.2, 0.25) is 5.91 Å². The predicted octanol–water partition coefficient (Wildman–Crippen LogP) is 3.80. The number of rotatable bonds is 12. The molecule has 0 bridgehead atoms. The molecule has 1 aliphatic rings. The molecular weight excluding hydrogens is 506 g/mol. The fourth-order valence-electron chi connectivity index (χ4n) is 5.42. The molecule has 0 aliphatic carbocycles. The summed E-state index contributed by atoms with van der Waals surface area (Å²) in [5, 5.41) is 5.74. The van der Waals surface area contributed by atoms with Crippen molar-refractivity contribution < 1.29 is 19.1 Å². The summed E-state index contributed by atoms with van der Waals surface area (Å²) in [5.74, 6) is 0.807. The van der Waals surface area contributed by atoms with Crippen LogP contribution in [0.4, 0.5) is 4.79 Å². The summed E-state index contributed by atoms with van der Waals surface area (Å²) < 4.78 is 5.26. The van der Waals surface area contributed by atoms with Crippen molar-refractivity contribution in [3.05, 3.63) is 83.9 Å². The monoisotopic (exact) mass is 545 g/mol. The maximum Gasteiger partial charge on any atom is 0.315 e. The molecule has 1 unspecified atom stereocenters. The number of hydrogen-bond donors (Lipinski definition) is 3. The van der Waals surface area contributed by atoms with E-state index in [1.807, 2.05) is 61.5 Å². The van der Waals surface area contributed by atoms with E-state index in [0.29, 0.717) is 51.7 Å². The molecule has 0 radical (unpaired) electrons. The van der Waals surface area contributed by atoms with Crippen molar-refractivity contribution in [3.63, 3.8) is 0 Å². The molecule has 212 valence electrons. The summed E-state index contributed by atoms with van der Waals surface area (Å²) >= 11 is 0. The van der Waals surface area contributed by atoms with Crippen LogP contribution in [0, 0.1) is 0 Å². The number of carbonyl (C=O) groups excluding carboxylic acids is 3. The second-order valence-electron chi connectivity index (χ2n) is 10.3. The minimum absolute atomic E-state index is 0.150. The normalized spacial score (nSPS) is 15.2. The largest absolute Gasteiger partial charge is 0.497 e. The van der Waals surface area contributed by atoms with Crippen molar-refractivity contribution in [1.29, 1.82) is 0 Å². The average molecular weight is 546 g/mol. The number of carbonyl (C=O) groups is 3. The number of hydrogen-bond acceptors (Lipinski definition) is 5. The number of nitrogens with one attached hydrogen (secondary N) is 3. The first-order valence-electron chi connectivity index (χ1n) is 14.0. The number of imidazole rings is 1. The molecule has 1 aliphatic heterocycles. The maximum atomic E-state index is 13.8. The Kier molecular flexibility index (Phi) is 9.94. The van der Waals surface area contributed by atoms with E-state index in [1.165, 1.54) is 0 Å². The number of H-pyrrole nitrogens is 1. The average Bonchev–Trinajstić information content (AvgIpc) is 3.51. The molecule has 1 aromatic heterocycles. The van der Waals surface area contributed by atoms with Crippen LogP contribution in [0.25, 0.3) is 0 Å². The van der Waals surface area contributed by atoms with Gasteiger partial charge in [0.1, 0.15) is 17.6 Å². The van der Waals surface area contributed by atoms with Crippen molar-refractivity contribution in [2.75, 3.05) is 26.7 Å². The molecule has 1 saturated heterocycles. The molecule has 4 rings (SSSR count). The lowest BCUT2D eigenvalue weighted by Crippen LogP contribution is -2.56. The zero-order valence-electron chi connectivity index (χ0n) is 23.3. The Morgan fingerprint density at radius 1 is 1.07 bits per heavy atom. The van der Waals surface area contributed by atoms with E-state index in [-0.39, 0.29) is 11.7 Å². The molecule has 9 heteroatoms. The highest BCUT2D eigenvalue weighted by molar-refractivity contribution is 5.91. The molecule has 1 atom stereocenters. The lowest BCUT2D eigenvalue weighted by atomic mass is 9.68. The Bertz CT molecular complexity index is 1240. The first-order chi connectivity index (χ1) is 19.4. The van der Waals surface area contributed by atoms with Crippen LogP contribution < -0.4 is 15.4 Å². The quantitative estimate of drug-likeness (QED) is 0.320. The van der Waals surface area contributed by atoms with E-state index in [4.69, 9.17) is 4.74 Å². The number of Topliss-reactive ketones (excluding diaryl/α,β-unsaturated/α-hetero) is 1. The molecule has 1 fully saturated rings. The molecule has 3 N–H and O–H groups in total. The van der Waals surface area contributed by atoms with E-state index in [9.17, 15) is 14.4 Å². The number of piperidine rings is 1. The second kappa shape index (κ2) is 13.8. The number of nitrogens with zero attached hydrogens (tertiary/aromatic N) is 2. The maximum absolute atomic E-state index is 13.8. The van der Waals surface area contributed by atoms with Gasteiger partial charge in [-0.3, -0.25) is 9.59 Å². The molecule has 9 nitrogen and oxygen atoms in total. The minimum Gasteiger partial charge on any atom is -0.497 e. The van der Waals surface area contributed by atoms with Crippen molar-refractivity contribution in [2.24, 2.45) is 0 Å². The number of ether oxygens (including phenoxy) is 1. The Labute approximate surface area is 235 Å². The smallest absolute Gasteiger partial charge is 0.315 e. The molecule has 0 saturated carbocycles. The van der Waals surface area contributed by atoms with E-state index in [0.717, 1.165) is 29.0 Å². The summed E-state index contributed by atoms with van der Waals surface area (Å²) in [6.45, 7) is 3.31. The zero-order chi connectivity index (χ0) is 28.4. The summed E-state index contributed by atoms with van der Waals surface area (Å²) in [4.78, 5) is 48.9. The van der Waals surface area contributed by atoms with Crippen molar-refractivity contribution in [2.45, 2.75) is 56.9 Å². The van der Waals surface area contributed by atoms with Crippen LogP contribution >= 0.6 is 0 Å². The summed E-state index contributed by atoms with van der Waals surface area (Å²) in [7, 11) is 1.60. The molecule has 2 heterocycles. The molecular formula is C31H39N5O4. The summed E-state index contributed by atoms with van der Waals surface area (Å²) in [6, 6.07) is 16.2. The van der Waals surface area contributed by atoms with Gasteiger partial charge in [0.05, 0.1) is 24.5 Å². The van der Waals surface area contributed by atoms with Crippen molar-refractivity contribution in [1.82, 2.24) is 25.5 Å². The predicted molar refractivity (Wildman–Crippen MR) is 153 cm³/mol. The number of aromatic amines is 1. The molecule has 3 aromatic rings. The van der Waals surface area contributed by atoms with Crippen LogP contribution in [-0.2, 0) is 27.8 Å². The minimum atomic E-state index is -0.755. The van der Waals surface area contributed by atoms with Crippen LogP contribution in [0.15, 0.2) is 67.1 Å². The summed E-state index contributed by atoms with van der Waals surface area (Å²) in [6.07, 6.45) is 6.73. The highest BCUT2D eigenvalue weighted by Crippen LogP contribution is 2.38. The zero-order valence-corrected chi connectivity index (χ0v) is 23.3. The molecule has 3 amide bonds. The third-order valence-electron chi connectivity index (χ3n) is 7.69. The van der Waals surface area contributed by atoms with Crippen LogP contribution in [0.3, 0.4) is 0 Å². The molecule has 40 heavy (non-hydrogen) atoms. The van der Waals surface area contributed by atoms with Gasteiger partial charge in [-0.1, -0.05) is 49.4 Å². The van der Waals surface area contributed by atoms with E-state index in [1.54, 1.807) is 24.5 Å². The number of amides is 3. The van der Waals surface area contributed by atoms with Crippen molar-refractivity contribution in [3.8, 4) is 5.75 Å². The van der Waals surface area contributed by atoms with Gasteiger partial charge in [-0.2, -0.15) is 0 Å².